The molecule has 3 aromatic carbocycles. The van der Waals surface area contributed by atoms with E-state index in [2.05, 4.69) is 19.7 Å². The number of aromatic nitrogens is 3. The molecule has 0 N–H and O–H groups in total. The van der Waals surface area contributed by atoms with E-state index in [-0.39, 0.29) is 11.5 Å². The van der Waals surface area contributed by atoms with E-state index < -0.39 is 41.5 Å². The summed E-state index contributed by atoms with van der Waals surface area (Å²) in [7, 11) is 0. The molecule has 36 heavy (non-hydrogen) atoms. The first-order chi connectivity index (χ1) is 17.1. The third-order valence-corrected chi connectivity index (χ3v) is 4.59. The van der Waals surface area contributed by atoms with Crippen LogP contribution in [0.5, 0.6) is 29.3 Å². The lowest BCUT2D eigenvalue weighted by Crippen LogP contribution is -2.56. The van der Waals surface area contributed by atoms with Crippen LogP contribution in [0.25, 0.3) is 0 Å². The van der Waals surface area contributed by atoms with Gasteiger partial charge in [0.15, 0.2) is 5.82 Å². The van der Waals surface area contributed by atoms with E-state index in [4.69, 9.17) is 9.47 Å². The van der Waals surface area contributed by atoms with Gasteiger partial charge in [-0.25, -0.2) is 4.39 Å². The first-order valence-corrected chi connectivity index (χ1v) is 10.2. The fourth-order valence-electron chi connectivity index (χ4n) is 2.90. The molecule has 0 aliphatic carbocycles. The van der Waals surface area contributed by atoms with Crippen molar-refractivity contribution in [3.8, 4) is 29.3 Å². The van der Waals surface area contributed by atoms with Gasteiger partial charge in [-0.05, 0) is 36.4 Å². The number of rotatable bonds is 8. The van der Waals surface area contributed by atoms with E-state index in [0.29, 0.717) is 0 Å². The lowest BCUT2D eigenvalue weighted by molar-refractivity contribution is -0.367. The van der Waals surface area contributed by atoms with Gasteiger partial charge in [-0.15, -0.1) is 4.98 Å². The first-order valence-electron chi connectivity index (χ1n) is 10.2. The van der Waals surface area contributed by atoms with Crippen molar-refractivity contribution in [2.24, 2.45) is 0 Å². The highest BCUT2D eigenvalue weighted by molar-refractivity contribution is 5.29. The summed E-state index contributed by atoms with van der Waals surface area (Å²) in [5.74, 6) is -2.68. The average Bonchev–Trinajstić information content (AvgIpc) is 2.84. The molecule has 0 saturated carbocycles. The van der Waals surface area contributed by atoms with E-state index in [0.717, 1.165) is 12.1 Å². The van der Waals surface area contributed by atoms with Crippen LogP contribution in [0.15, 0.2) is 91.0 Å². The zero-order chi connectivity index (χ0) is 25.8. The molecule has 4 rings (SSSR count). The molecule has 0 radical (unpaired) electrons. The number of hydrogen-bond donors (Lipinski definition) is 0. The zero-order valence-electron chi connectivity index (χ0n) is 18.0. The number of halogens is 6. The largest absolute Gasteiger partial charge is 0.450 e. The third kappa shape index (κ3) is 5.16. The molecule has 1 unspecified atom stereocenters. The molecule has 1 heterocycles. The Hall–Kier alpha value is -4.35. The van der Waals surface area contributed by atoms with Gasteiger partial charge in [-0.3, -0.25) is 0 Å². The summed E-state index contributed by atoms with van der Waals surface area (Å²) in [6.45, 7) is 0. The molecule has 4 aromatic rings. The minimum atomic E-state index is -6.24. The number of benzene rings is 3. The maximum atomic E-state index is 15.7. The van der Waals surface area contributed by atoms with Crippen LogP contribution < -0.4 is 14.2 Å². The van der Waals surface area contributed by atoms with Crippen LogP contribution in [0, 0.1) is 0 Å². The minimum absolute atomic E-state index is 0.0315. The molecular weight excluding hydrogens is 492 g/mol. The maximum absolute atomic E-state index is 15.7. The summed E-state index contributed by atoms with van der Waals surface area (Å²) in [6, 6.07) is 18.8. The van der Waals surface area contributed by atoms with E-state index in [9.17, 15) is 22.0 Å². The predicted molar refractivity (Wildman–Crippen MR) is 114 cm³/mol. The van der Waals surface area contributed by atoms with Gasteiger partial charge < -0.3 is 14.2 Å². The summed E-state index contributed by atoms with van der Waals surface area (Å²) in [5.41, 5.74) is -5.53. The molecule has 0 bridgehead atoms. The van der Waals surface area contributed by atoms with Gasteiger partial charge in [0.25, 0.3) is 0 Å². The van der Waals surface area contributed by atoms with Crippen LogP contribution >= 0.6 is 0 Å². The van der Waals surface area contributed by atoms with E-state index in [1.54, 1.807) is 12.1 Å². The van der Waals surface area contributed by atoms with Crippen molar-refractivity contribution >= 4 is 0 Å². The van der Waals surface area contributed by atoms with Gasteiger partial charge in [0.05, 0.1) is 0 Å². The fourth-order valence-corrected chi connectivity index (χ4v) is 2.90. The number of para-hydroxylation sites is 3. The van der Waals surface area contributed by atoms with Crippen molar-refractivity contribution in [2.45, 2.75) is 18.0 Å². The highest BCUT2D eigenvalue weighted by Crippen LogP contribution is 2.52. The highest BCUT2D eigenvalue weighted by atomic mass is 19.4. The average molecular weight is 507 g/mol. The monoisotopic (exact) mass is 507 g/mol. The molecule has 0 saturated heterocycles. The van der Waals surface area contributed by atoms with E-state index in [1.807, 2.05) is 0 Å². The van der Waals surface area contributed by atoms with Gasteiger partial charge in [-0.2, -0.15) is 31.9 Å². The van der Waals surface area contributed by atoms with Crippen molar-refractivity contribution < 1.29 is 40.6 Å². The smallest absolute Gasteiger partial charge is 0.430 e. The fraction of sp³-hybridized carbons (Fsp3) is 0.125. The van der Waals surface area contributed by atoms with Crippen molar-refractivity contribution in [1.82, 2.24) is 15.0 Å². The standard InChI is InChI=1S/C24H15F6N3O3/c25-22(23(26,27)28,24(29,30)36-18-14-8-3-9-15-18)19-31-20(34-16-10-4-1-5-11-16)33-21(32-19)35-17-12-6-2-7-13-17/h1-15H. The topological polar surface area (TPSA) is 66.4 Å². The Morgan fingerprint density at radius 1 is 0.500 bits per heavy atom. The molecule has 0 spiro atoms. The van der Waals surface area contributed by atoms with Crippen molar-refractivity contribution in [2.75, 3.05) is 0 Å². The minimum Gasteiger partial charge on any atom is -0.430 e. The van der Waals surface area contributed by atoms with Crippen molar-refractivity contribution in [3.05, 3.63) is 96.8 Å². The van der Waals surface area contributed by atoms with Crippen LogP contribution in [0.4, 0.5) is 26.3 Å². The van der Waals surface area contributed by atoms with Crippen LogP contribution in [-0.4, -0.2) is 27.2 Å². The molecule has 1 aromatic heterocycles. The van der Waals surface area contributed by atoms with Gasteiger partial charge in [0.2, 0.25) is 0 Å². The molecule has 0 fully saturated rings. The molecule has 0 aliphatic rings. The zero-order valence-corrected chi connectivity index (χ0v) is 18.0. The second-order valence-electron chi connectivity index (χ2n) is 7.14. The Morgan fingerprint density at radius 3 is 1.28 bits per heavy atom. The van der Waals surface area contributed by atoms with Crippen LogP contribution in [0.3, 0.4) is 0 Å². The summed E-state index contributed by atoms with van der Waals surface area (Å²) < 4.78 is 102. The summed E-state index contributed by atoms with van der Waals surface area (Å²) >= 11 is 0. The summed E-state index contributed by atoms with van der Waals surface area (Å²) in [6.07, 6.45) is -11.7. The molecule has 1 atom stereocenters. The molecule has 0 amide bonds. The molecule has 0 aliphatic heterocycles. The Morgan fingerprint density at radius 2 is 0.889 bits per heavy atom. The Balaban J connectivity index is 1.83. The van der Waals surface area contributed by atoms with E-state index in [1.165, 1.54) is 66.7 Å². The van der Waals surface area contributed by atoms with Crippen LogP contribution in [0.2, 0.25) is 0 Å². The molecule has 6 nitrogen and oxygen atoms in total. The molecule has 186 valence electrons. The van der Waals surface area contributed by atoms with Gasteiger partial charge in [0.1, 0.15) is 17.2 Å². The third-order valence-electron chi connectivity index (χ3n) is 4.59. The highest BCUT2D eigenvalue weighted by Gasteiger charge is 2.77. The molecular formula is C24H15F6N3O3. The SMILES string of the molecule is FC(F)(F)C(F)(c1nc(Oc2ccccc2)nc(Oc2ccccc2)n1)C(F)(F)Oc1ccccc1. The van der Waals surface area contributed by atoms with Crippen molar-refractivity contribution in [3.63, 3.8) is 0 Å². The van der Waals surface area contributed by atoms with Crippen molar-refractivity contribution in [1.29, 1.82) is 0 Å². The Bertz CT molecular complexity index is 1240. The predicted octanol–water partition coefficient (Wildman–Crippen LogP) is 6.86. The van der Waals surface area contributed by atoms with Crippen LogP contribution in [0.1, 0.15) is 5.82 Å². The lowest BCUT2D eigenvalue weighted by Gasteiger charge is -2.33. The Kier molecular flexibility index (Phi) is 6.69. The quantitative estimate of drug-likeness (QED) is 0.243. The lowest BCUT2D eigenvalue weighted by atomic mass is 10.0. The van der Waals surface area contributed by atoms with Gasteiger partial charge in [-0.1, -0.05) is 54.6 Å². The van der Waals surface area contributed by atoms with Crippen LogP contribution in [-0.2, 0) is 5.67 Å². The second kappa shape index (κ2) is 9.72. The number of hydrogen-bond acceptors (Lipinski definition) is 6. The van der Waals surface area contributed by atoms with E-state index >= 15 is 4.39 Å². The maximum Gasteiger partial charge on any atom is 0.450 e. The molecule has 12 heteroatoms. The first kappa shape index (κ1) is 24.8. The summed E-state index contributed by atoms with van der Waals surface area (Å²) in [5, 5.41) is 0. The second-order valence-corrected chi connectivity index (χ2v) is 7.14. The summed E-state index contributed by atoms with van der Waals surface area (Å²) in [4.78, 5) is 10.2. The van der Waals surface area contributed by atoms with Gasteiger partial charge in [0, 0.05) is 0 Å². The number of nitrogens with zero attached hydrogens (tertiary/aromatic N) is 3. The Labute approximate surface area is 200 Å². The van der Waals surface area contributed by atoms with Gasteiger partial charge >= 0.3 is 30.0 Å². The number of ether oxygens (including phenoxy) is 3. The number of alkyl halides is 6. The normalized spacial score (nSPS) is 13.5.